The number of amides is 5. The van der Waals surface area contributed by atoms with Crippen LogP contribution in [0.1, 0.15) is 50.2 Å². The van der Waals surface area contributed by atoms with E-state index in [0.717, 1.165) is 28.9 Å². The maximum Gasteiger partial charge on any atom is 0.325 e. The molecule has 1 saturated heterocycles. The van der Waals surface area contributed by atoms with Crippen molar-refractivity contribution in [2.45, 2.75) is 57.0 Å². The van der Waals surface area contributed by atoms with Gasteiger partial charge in [-0.2, -0.15) is 0 Å². The van der Waals surface area contributed by atoms with Crippen molar-refractivity contribution >= 4 is 23.8 Å². The van der Waals surface area contributed by atoms with Crippen LogP contribution in [0.4, 0.5) is 4.79 Å². The van der Waals surface area contributed by atoms with Gasteiger partial charge >= 0.3 is 6.03 Å². The number of urea groups is 1. The number of imide groups is 1. The first-order chi connectivity index (χ1) is 14.8. The quantitative estimate of drug-likeness (QED) is 0.646. The molecular weight excluding hydrogens is 396 g/mol. The highest BCUT2D eigenvalue weighted by atomic mass is 16.2. The van der Waals surface area contributed by atoms with Gasteiger partial charge in [-0.05, 0) is 49.7 Å². The van der Waals surface area contributed by atoms with E-state index in [-0.39, 0.29) is 43.3 Å². The highest BCUT2D eigenvalue weighted by molar-refractivity contribution is 6.09. The molecule has 0 unspecified atom stereocenters. The molecule has 1 aromatic rings. The van der Waals surface area contributed by atoms with Crippen LogP contribution >= 0.6 is 0 Å². The number of nitrogens with one attached hydrogen (secondary N) is 2. The Bertz CT molecular complexity index is 913. The Labute approximate surface area is 182 Å². The minimum absolute atomic E-state index is 0.0874. The van der Waals surface area contributed by atoms with Gasteiger partial charge in [0, 0.05) is 26.1 Å². The Morgan fingerprint density at radius 1 is 1.29 bits per heavy atom. The van der Waals surface area contributed by atoms with Crippen LogP contribution in [0.2, 0.25) is 0 Å². The topological polar surface area (TPSA) is 98.8 Å². The Kier molecular flexibility index (Phi) is 5.73. The molecule has 0 radical (unpaired) electrons. The molecule has 8 nitrogen and oxygen atoms in total. The Morgan fingerprint density at radius 2 is 2.03 bits per heavy atom. The fourth-order valence-electron chi connectivity index (χ4n) is 4.77. The molecular formula is C23H30N4O4. The van der Waals surface area contributed by atoms with Gasteiger partial charge < -0.3 is 15.5 Å². The van der Waals surface area contributed by atoms with Gasteiger partial charge in [-0.3, -0.25) is 19.3 Å². The number of carbonyl (C=O) groups excluding carboxylic acids is 4. The van der Waals surface area contributed by atoms with Gasteiger partial charge in [-0.25, -0.2) is 4.79 Å². The standard InChI is InChI=1S/C23H30N4O4/c1-15(16-7-5-8-16)24-19(28)11-13-26(2)20(29)14-27-21(30)23(25-22(27)31)12-10-17-6-3-4-9-18(17)23/h3-4,6,9,15-16H,5,7-8,10-14H2,1-2H3,(H,24,28)(H,25,31)/t15-,23+/m0/s1. The van der Waals surface area contributed by atoms with E-state index in [1.165, 1.54) is 11.3 Å². The summed E-state index contributed by atoms with van der Waals surface area (Å²) in [6.45, 7) is 1.93. The lowest BCUT2D eigenvalue weighted by molar-refractivity contribution is -0.138. The van der Waals surface area contributed by atoms with Crippen LogP contribution in [0.25, 0.3) is 0 Å². The van der Waals surface area contributed by atoms with Crippen LogP contribution < -0.4 is 10.6 Å². The number of benzene rings is 1. The zero-order chi connectivity index (χ0) is 22.2. The number of hydrogen-bond donors (Lipinski definition) is 2. The SMILES string of the molecule is C[C@H](NC(=O)CCN(C)C(=O)CN1C(=O)N[C@@]2(CCc3ccccc32)C1=O)C1CCC1. The van der Waals surface area contributed by atoms with Gasteiger partial charge in [-0.1, -0.05) is 30.7 Å². The minimum atomic E-state index is -1.07. The number of aryl methyl sites for hydroxylation is 1. The number of fused-ring (bicyclic) bond motifs is 2. The van der Waals surface area contributed by atoms with Crippen molar-refractivity contribution in [3.8, 4) is 0 Å². The van der Waals surface area contributed by atoms with E-state index in [2.05, 4.69) is 10.6 Å². The zero-order valence-corrected chi connectivity index (χ0v) is 18.1. The third kappa shape index (κ3) is 3.91. The molecule has 1 aromatic carbocycles. The first-order valence-corrected chi connectivity index (χ1v) is 11.1. The number of carbonyl (C=O) groups is 4. The number of hydrogen-bond acceptors (Lipinski definition) is 4. The molecule has 8 heteroatoms. The average molecular weight is 427 g/mol. The van der Waals surface area contributed by atoms with Gasteiger partial charge in [-0.15, -0.1) is 0 Å². The summed E-state index contributed by atoms with van der Waals surface area (Å²) in [7, 11) is 1.59. The van der Waals surface area contributed by atoms with Crippen LogP contribution in [-0.4, -0.2) is 59.7 Å². The van der Waals surface area contributed by atoms with Crippen molar-refractivity contribution in [2.75, 3.05) is 20.1 Å². The van der Waals surface area contributed by atoms with E-state index in [1.54, 1.807) is 7.05 Å². The smallest absolute Gasteiger partial charge is 0.325 e. The zero-order valence-electron chi connectivity index (χ0n) is 18.1. The normalized spacial score (nSPS) is 23.4. The maximum absolute atomic E-state index is 13.2. The van der Waals surface area contributed by atoms with Crippen molar-refractivity contribution in [3.63, 3.8) is 0 Å². The number of likely N-dealkylation sites (N-methyl/N-ethyl adjacent to an activating group) is 1. The molecule has 0 aromatic heterocycles. The summed E-state index contributed by atoms with van der Waals surface area (Å²) in [4.78, 5) is 53.0. The van der Waals surface area contributed by atoms with Crippen LogP contribution in [0.3, 0.4) is 0 Å². The van der Waals surface area contributed by atoms with Gasteiger partial charge in [0.05, 0.1) is 0 Å². The monoisotopic (exact) mass is 426 g/mol. The summed E-state index contributed by atoms with van der Waals surface area (Å²) in [6, 6.07) is 7.19. The fraction of sp³-hybridized carbons (Fsp3) is 0.565. The predicted molar refractivity (Wildman–Crippen MR) is 114 cm³/mol. The maximum atomic E-state index is 13.2. The summed E-state index contributed by atoms with van der Waals surface area (Å²) in [5, 5.41) is 5.83. The Morgan fingerprint density at radius 3 is 2.74 bits per heavy atom. The third-order valence-corrected chi connectivity index (χ3v) is 7.06. The van der Waals surface area contributed by atoms with Crippen molar-refractivity contribution in [1.29, 1.82) is 0 Å². The second-order valence-electron chi connectivity index (χ2n) is 9.00. The highest BCUT2D eigenvalue weighted by Gasteiger charge is 2.55. The first kappa shape index (κ1) is 21.3. The molecule has 31 heavy (non-hydrogen) atoms. The van der Waals surface area contributed by atoms with E-state index >= 15 is 0 Å². The minimum Gasteiger partial charge on any atom is -0.353 e. The second-order valence-corrected chi connectivity index (χ2v) is 9.00. The van der Waals surface area contributed by atoms with E-state index in [4.69, 9.17) is 0 Å². The van der Waals surface area contributed by atoms with Crippen molar-refractivity contribution in [1.82, 2.24) is 20.4 Å². The molecule has 5 amide bonds. The lowest BCUT2D eigenvalue weighted by atomic mass is 9.80. The first-order valence-electron chi connectivity index (χ1n) is 11.1. The van der Waals surface area contributed by atoms with E-state index in [0.29, 0.717) is 18.8 Å². The average Bonchev–Trinajstić information content (AvgIpc) is 3.18. The van der Waals surface area contributed by atoms with Crippen molar-refractivity contribution in [2.24, 2.45) is 5.92 Å². The predicted octanol–water partition coefficient (Wildman–Crippen LogP) is 1.53. The van der Waals surface area contributed by atoms with Crippen molar-refractivity contribution in [3.05, 3.63) is 35.4 Å². The second kappa shape index (κ2) is 8.32. The summed E-state index contributed by atoms with van der Waals surface area (Å²) in [6.07, 6.45) is 4.92. The Balaban J connectivity index is 1.31. The fourth-order valence-corrected chi connectivity index (χ4v) is 4.77. The van der Waals surface area contributed by atoms with Gasteiger partial charge in [0.1, 0.15) is 12.1 Å². The molecule has 1 aliphatic heterocycles. The molecule has 2 atom stereocenters. The Hall–Kier alpha value is -2.90. The van der Waals surface area contributed by atoms with Crippen molar-refractivity contribution < 1.29 is 19.2 Å². The summed E-state index contributed by atoms with van der Waals surface area (Å²) in [5.74, 6) is -0.283. The summed E-state index contributed by atoms with van der Waals surface area (Å²) < 4.78 is 0. The molecule has 3 aliphatic rings. The van der Waals surface area contributed by atoms with Crippen LogP contribution in [0, 0.1) is 5.92 Å². The summed E-state index contributed by atoms with van der Waals surface area (Å²) in [5.41, 5.74) is 0.793. The molecule has 4 rings (SSSR count). The van der Waals surface area contributed by atoms with E-state index < -0.39 is 11.6 Å². The van der Waals surface area contributed by atoms with Gasteiger partial charge in [0.15, 0.2) is 0 Å². The highest BCUT2D eigenvalue weighted by Crippen LogP contribution is 2.41. The molecule has 2 aliphatic carbocycles. The van der Waals surface area contributed by atoms with Gasteiger partial charge in [0.2, 0.25) is 11.8 Å². The van der Waals surface area contributed by atoms with Gasteiger partial charge in [0.25, 0.3) is 5.91 Å². The lowest BCUT2D eigenvalue weighted by Gasteiger charge is -2.32. The lowest BCUT2D eigenvalue weighted by Crippen LogP contribution is -2.45. The van der Waals surface area contributed by atoms with Crippen LogP contribution in [0.15, 0.2) is 24.3 Å². The number of nitrogens with zero attached hydrogens (tertiary/aromatic N) is 2. The molecule has 166 valence electrons. The molecule has 2 N–H and O–H groups in total. The van der Waals surface area contributed by atoms with E-state index in [1.807, 2.05) is 31.2 Å². The third-order valence-electron chi connectivity index (χ3n) is 7.06. The molecule has 0 bridgehead atoms. The molecule has 2 fully saturated rings. The summed E-state index contributed by atoms with van der Waals surface area (Å²) >= 11 is 0. The number of rotatable bonds is 7. The largest absolute Gasteiger partial charge is 0.353 e. The molecule has 1 heterocycles. The van der Waals surface area contributed by atoms with Crippen LogP contribution in [0.5, 0.6) is 0 Å². The molecule has 1 saturated carbocycles. The van der Waals surface area contributed by atoms with Crippen LogP contribution in [-0.2, 0) is 26.3 Å². The van der Waals surface area contributed by atoms with E-state index in [9.17, 15) is 19.2 Å². The molecule has 1 spiro atoms.